The zero-order chi connectivity index (χ0) is 18.7. The second-order valence-corrected chi connectivity index (χ2v) is 9.33. The first-order chi connectivity index (χ1) is 12.4. The van der Waals surface area contributed by atoms with Crippen LogP contribution in [0.15, 0.2) is 0 Å². The second kappa shape index (κ2) is 8.21. The van der Waals surface area contributed by atoms with Crippen LogP contribution in [0.25, 0.3) is 0 Å². The Labute approximate surface area is 161 Å². The third kappa shape index (κ3) is 4.74. The molecule has 0 aliphatic carbocycles. The fraction of sp³-hybridized carbons (Fsp3) is 0.842. The number of likely N-dealkylation sites (N-methyl/N-ethyl adjacent to an activating group) is 1. The highest BCUT2D eigenvalue weighted by Crippen LogP contribution is 2.29. The van der Waals surface area contributed by atoms with Gasteiger partial charge in [0.25, 0.3) is 0 Å². The Kier molecular flexibility index (Phi) is 6.17. The molecule has 0 bridgehead atoms. The summed E-state index contributed by atoms with van der Waals surface area (Å²) >= 11 is 1.51. The van der Waals surface area contributed by atoms with Crippen LogP contribution in [0.1, 0.15) is 52.8 Å². The number of hydrogen-bond donors (Lipinski definition) is 0. The van der Waals surface area contributed by atoms with Crippen LogP contribution in [0.5, 0.6) is 0 Å². The normalized spacial score (nSPS) is 20.6. The minimum Gasteiger partial charge on any atom is -0.347 e. The van der Waals surface area contributed by atoms with Crippen molar-refractivity contribution >= 4 is 22.6 Å². The fourth-order valence-corrected chi connectivity index (χ4v) is 4.57. The Morgan fingerprint density at radius 1 is 1.12 bits per heavy atom. The summed E-state index contributed by atoms with van der Waals surface area (Å²) in [6.45, 7) is 15.5. The van der Waals surface area contributed by atoms with Crippen LogP contribution in [-0.4, -0.2) is 70.9 Å². The summed E-state index contributed by atoms with van der Waals surface area (Å²) in [5.74, 6) is 1.80. The summed E-state index contributed by atoms with van der Waals surface area (Å²) in [5.41, 5.74) is 0.00128. The number of rotatable bonds is 4. The average Bonchev–Trinajstić information content (AvgIpc) is 3.13. The number of hydrogen-bond acceptors (Lipinski definition) is 6. The van der Waals surface area contributed by atoms with E-state index in [0.29, 0.717) is 18.2 Å². The van der Waals surface area contributed by atoms with Crippen LogP contribution < -0.4 is 4.90 Å². The molecule has 2 aliphatic rings. The molecule has 2 fully saturated rings. The van der Waals surface area contributed by atoms with Crippen molar-refractivity contribution in [3.63, 3.8) is 0 Å². The van der Waals surface area contributed by atoms with E-state index in [1.54, 1.807) is 0 Å². The van der Waals surface area contributed by atoms with Crippen molar-refractivity contribution in [2.45, 2.75) is 52.4 Å². The average molecular weight is 380 g/mol. The van der Waals surface area contributed by atoms with E-state index in [9.17, 15) is 4.79 Å². The highest BCUT2D eigenvalue weighted by Gasteiger charge is 2.28. The quantitative estimate of drug-likeness (QED) is 0.805. The van der Waals surface area contributed by atoms with Crippen LogP contribution in [0.4, 0.5) is 5.13 Å². The molecule has 1 amide bonds. The molecule has 3 rings (SSSR count). The monoisotopic (exact) mass is 379 g/mol. The molecule has 3 heterocycles. The lowest BCUT2D eigenvalue weighted by Gasteiger charge is -2.36. The van der Waals surface area contributed by atoms with Gasteiger partial charge in [0.15, 0.2) is 0 Å². The van der Waals surface area contributed by atoms with Gasteiger partial charge in [-0.05, 0) is 25.3 Å². The molecule has 0 aromatic carbocycles. The lowest BCUT2D eigenvalue weighted by atomic mass is 9.93. The van der Waals surface area contributed by atoms with Crippen LogP contribution in [0.2, 0.25) is 0 Å². The van der Waals surface area contributed by atoms with Gasteiger partial charge in [0.2, 0.25) is 11.0 Å². The fourth-order valence-electron chi connectivity index (χ4n) is 3.67. The summed E-state index contributed by atoms with van der Waals surface area (Å²) in [7, 11) is 0. The summed E-state index contributed by atoms with van der Waals surface area (Å²) < 4.78 is 4.53. The maximum absolute atomic E-state index is 12.6. The number of piperidine rings is 1. The molecule has 0 atom stereocenters. The summed E-state index contributed by atoms with van der Waals surface area (Å²) in [6, 6.07) is 0. The molecule has 6 nitrogen and oxygen atoms in total. The standard InChI is InChI=1S/C19H33N5OS/c1-5-22-10-12-23(13-11-22)16(25)14-15-6-8-24(9-7-15)18-20-17(21-26-18)19(2,3)4/h15H,5-14H2,1-4H3. The largest absolute Gasteiger partial charge is 0.347 e. The molecule has 0 spiro atoms. The topological polar surface area (TPSA) is 52.6 Å². The summed E-state index contributed by atoms with van der Waals surface area (Å²) in [5, 5.41) is 1.04. The molecule has 1 aromatic rings. The number of carbonyl (C=O) groups is 1. The molecule has 0 unspecified atom stereocenters. The molecule has 0 N–H and O–H groups in total. The molecule has 0 radical (unpaired) electrons. The van der Waals surface area contributed by atoms with E-state index in [-0.39, 0.29) is 5.41 Å². The Bertz CT molecular complexity index is 595. The number of anilines is 1. The van der Waals surface area contributed by atoms with Gasteiger partial charge in [0, 0.05) is 62.6 Å². The molecular formula is C19H33N5OS. The maximum Gasteiger partial charge on any atom is 0.222 e. The molecule has 7 heteroatoms. The van der Waals surface area contributed by atoms with E-state index in [2.05, 4.69) is 46.8 Å². The van der Waals surface area contributed by atoms with Gasteiger partial charge in [-0.25, -0.2) is 4.98 Å². The van der Waals surface area contributed by atoms with Gasteiger partial charge in [-0.15, -0.1) is 0 Å². The third-order valence-corrected chi connectivity index (χ3v) is 6.38. The van der Waals surface area contributed by atoms with Crippen molar-refractivity contribution in [1.82, 2.24) is 19.2 Å². The summed E-state index contributed by atoms with van der Waals surface area (Å²) in [6.07, 6.45) is 2.86. The van der Waals surface area contributed by atoms with Crippen molar-refractivity contribution in [2.24, 2.45) is 5.92 Å². The predicted octanol–water partition coefficient (Wildman–Crippen LogP) is 2.61. The molecular weight excluding hydrogens is 346 g/mol. The second-order valence-electron chi connectivity index (χ2n) is 8.60. The molecule has 0 saturated carbocycles. The lowest BCUT2D eigenvalue weighted by Crippen LogP contribution is -2.49. The minimum atomic E-state index is 0.00128. The Hall–Kier alpha value is -1.21. The van der Waals surface area contributed by atoms with Crippen LogP contribution in [-0.2, 0) is 10.2 Å². The van der Waals surface area contributed by atoms with Crippen LogP contribution in [0, 0.1) is 5.92 Å². The van der Waals surface area contributed by atoms with Crippen LogP contribution in [0.3, 0.4) is 0 Å². The van der Waals surface area contributed by atoms with Gasteiger partial charge >= 0.3 is 0 Å². The zero-order valence-corrected chi connectivity index (χ0v) is 17.5. The Morgan fingerprint density at radius 2 is 1.77 bits per heavy atom. The van der Waals surface area contributed by atoms with Crippen molar-refractivity contribution < 1.29 is 4.79 Å². The smallest absolute Gasteiger partial charge is 0.222 e. The predicted molar refractivity (Wildman–Crippen MR) is 107 cm³/mol. The lowest BCUT2D eigenvalue weighted by molar-refractivity contribution is -0.134. The van der Waals surface area contributed by atoms with E-state index < -0.39 is 0 Å². The molecule has 2 aliphatic heterocycles. The highest BCUT2D eigenvalue weighted by atomic mass is 32.1. The first-order valence-electron chi connectivity index (χ1n) is 9.96. The van der Waals surface area contributed by atoms with Gasteiger partial charge in [-0.3, -0.25) is 4.79 Å². The van der Waals surface area contributed by atoms with Gasteiger partial charge in [0.05, 0.1) is 0 Å². The Balaban J connectivity index is 1.45. The number of carbonyl (C=O) groups excluding carboxylic acids is 1. The first-order valence-corrected chi connectivity index (χ1v) is 10.7. The SMILES string of the molecule is CCN1CCN(C(=O)CC2CCN(c3nc(C(C)(C)C)ns3)CC2)CC1. The van der Waals surface area contributed by atoms with E-state index in [4.69, 9.17) is 4.98 Å². The van der Waals surface area contributed by atoms with Gasteiger partial charge < -0.3 is 14.7 Å². The van der Waals surface area contributed by atoms with Gasteiger partial charge in [-0.2, -0.15) is 4.37 Å². The zero-order valence-electron chi connectivity index (χ0n) is 16.7. The Morgan fingerprint density at radius 3 is 2.31 bits per heavy atom. The van der Waals surface area contributed by atoms with E-state index in [1.165, 1.54) is 11.5 Å². The number of nitrogens with zero attached hydrogens (tertiary/aromatic N) is 5. The number of amides is 1. The maximum atomic E-state index is 12.6. The third-order valence-electron chi connectivity index (χ3n) is 5.61. The minimum absolute atomic E-state index is 0.00128. The van der Waals surface area contributed by atoms with Crippen molar-refractivity contribution in [3.05, 3.63) is 5.82 Å². The molecule has 1 aromatic heterocycles. The van der Waals surface area contributed by atoms with Gasteiger partial charge in [-0.1, -0.05) is 27.7 Å². The van der Waals surface area contributed by atoms with Crippen molar-refractivity contribution in [1.29, 1.82) is 0 Å². The summed E-state index contributed by atoms with van der Waals surface area (Å²) in [4.78, 5) is 24.2. The van der Waals surface area contributed by atoms with Crippen molar-refractivity contribution in [3.8, 4) is 0 Å². The van der Waals surface area contributed by atoms with Crippen molar-refractivity contribution in [2.75, 3.05) is 50.7 Å². The number of piperazine rings is 1. The highest BCUT2D eigenvalue weighted by molar-refractivity contribution is 7.09. The first kappa shape index (κ1) is 19.5. The van der Waals surface area contributed by atoms with Crippen LogP contribution >= 0.6 is 11.5 Å². The molecule has 26 heavy (non-hydrogen) atoms. The molecule has 146 valence electrons. The van der Waals surface area contributed by atoms with E-state index in [1.807, 2.05) is 0 Å². The van der Waals surface area contributed by atoms with Gasteiger partial charge in [0.1, 0.15) is 5.82 Å². The van der Waals surface area contributed by atoms with E-state index >= 15 is 0 Å². The number of aromatic nitrogens is 2. The molecule has 2 saturated heterocycles. The van der Waals surface area contributed by atoms with E-state index in [0.717, 1.165) is 69.6 Å².